The van der Waals surface area contributed by atoms with E-state index in [1.807, 2.05) is 6.07 Å². The van der Waals surface area contributed by atoms with Gasteiger partial charge in [0.05, 0.1) is 25.0 Å². The summed E-state index contributed by atoms with van der Waals surface area (Å²) in [7, 11) is 1.55. The molecule has 0 aliphatic heterocycles. The summed E-state index contributed by atoms with van der Waals surface area (Å²) in [5.74, 6) is 1.13. The Hall–Kier alpha value is -1.89. The quantitative estimate of drug-likeness (QED) is 0.610. The number of nitriles is 1. The molecule has 0 atom stereocenters. The number of benzene rings is 1. The van der Waals surface area contributed by atoms with Gasteiger partial charge in [0, 0.05) is 12.1 Å². The van der Waals surface area contributed by atoms with Gasteiger partial charge in [-0.1, -0.05) is 13.3 Å². The monoisotopic (exact) mass is 220 g/mol. The predicted octanol–water partition coefficient (Wildman–Crippen LogP) is 2.33. The van der Waals surface area contributed by atoms with Crippen LogP contribution in [0.15, 0.2) is 12.1 Å². The molecule has 0 aliphatic rings. The van der Waals surface area contributed by atoms with Crippen LogP contribution in [0.2, 0.25) is 0 Å². The zero-order valence-corrected chi connectivity index (χ0v) is 9.62. The average molecular weight is 220 g/mol. The summed E-state index contributed by atoms with van der Waals surface area (Å²) in [5.41, 5.74) is 6.49. The van der Waals surface area contributed by atoms with Crippen molar-refractivity contribution in [2.45, 2.75) is 19.8 Å². The highest BCUT2D eigenvalue weighted by Crippen LogP contribution is 2.31. The maximum atomic E-state index is 8.85. The molecule has 0 bridgehead atoms. The first kappa shape index (κ1) is 12.2. The molecule has 0 heterocycles. The highest BCUT2D eigenvalue weighted by molar-refractivity contribution is 5.62. The minimum Gasteiger partial charge on any atom is -0.493 e. The summed E-state index contributed by atoms with van der Waals surface area (Å²) in [4.78, 5) is 0. The van der Waals surface area contributed by atoms with Crippen molar-refractivity contribution in [3.05, 3.63) is 17.7 Å². The lowest BCUT2D eigenvalue weighted by molar-refractivity contribution is 0.288. The zero-order chi connectivity index (χ0) is 12.0. The third-order valence-corrected chi connectivity index (χ3v) is 2.21. The molecule has 0 radical (unpaired) electrons. The Morgan fingerprint density at radius 2 is 2.12 bits per heavy atom. The topological polar surface area (TPSA) is 68.3 Å². The lowest BCUT2D eigenvalue weighted by atomic mass is 10.2. The number of nitrogens with zero attached hydrogens (tertiary/aromatic N) is 1. The van der Waals surface area contributed by atoms with E-state index < -0.39 is 0 Å². The first-order valence-corrected chi connectivity index (χ1v) is 5.23. The molecule has 0 fully saturated rings. The number of unbranched alkanes of at least 4 members (excludes halogenated alkanes) is 1. The van der Waals surface area contributed by atoms with E-state index in [1.54, 1.807) is 19.2 Å². The van der Waals surface area contributed by atoms with E-state index in [0.29, 0.717) is 29.4 Å². The molecule has 0 unspecified atom stereocenters. The van der Waals surface area contributed by atoms with Crippen LogP contribution in [0.4, 0.5) is 5.69 Å². The molecule has 0 saturated carbocycles. The van der Waals surface area contributed by atoms with Crippen LogP contribution in [-0.4, -0.2) is 13.7 Å². The third-order valence-electron chi connectivity index (χ3n) is 2.21. The van der Waals surface area contributed by atoms with E-state index in [4.69, 9.17) is 20.5 Å². The Labute approximate surface area is 95.6 Å². The van der Waals surface area contributed by atoms with Crippen molar-refractivity contribution in [1.82, 2.24) is 0 Å². The Morgan fingerprint density at radius 1 is 1.38 bits per heavy atom. The van der Waals surface area contributed by atoms with Gasteiger partial charge in [-0.15, -0.1) is 0 Å². The molecule has 16 heavy (non-hydrogen) atoms. The van der Waals surface area contributed by atoms with Crippen molar-refractivity contribution in [2.75, 3.05) is 19.5 Å². The molecule has 86 valence electrons. The van der Waals surface area contributed by atoms with Gasteiger partial charge in [-0.25, -0.2) is 0 Å². The zero-order valence-electron chi connectivity index (χ0n) is 9.62. The fourth-order valence-corrected chi connectivity index (χ4v) is 1.27. The van der Waals surface area contributed by atoms with Gasteiger partial charge in [-0.2, -0.15) is 5.26 Å². The van der Waals surface area contributed by atoms with Crippen molar-refractivity contribution < 1.29 is 9.47 Å². The van der Waals surface area contributed by atoms with Gasteiger partial charge >= 0.3 is 0 Å². The summed E-state index contributed by atoms with van der Waals surface area (Å²) in [6, 6.07) is 5.24. The first-order chi connectivity index (χ1) is 7.72. The van der Waals surface area contributed by atoms with Crippen LogP contribution in [0.25, 0.3) is 0 Å². The molecular weight excluding hydrogens is 204 g/mol. The summed E-state index contributed by atoms with van der Waals surface area (Å²) in [5, 5.41) is 8.85. The van der Waals surface area contributed by atoms with Crippen molar-refractivity contribution in [3.8, 4) is 17.6 Å². The van der Waals surface area contributed by atoms with Gasteiger partial charge in [-0.05, 0) is 6.42 Å². The third kappa shape index (κ3) is 2.80. The van der Waals surface area contributed by atoms with Gasteiger partial charge in [0.25, 0.3) is 0 Å². The Kier molecular flexibility index (Phi) is 4.46. The summed E-state index contributed by atoms with van der Waals surface area (Å²) in [6.07, 6.45) is 2.03. The fourth-order valence-electron chi connectivity index (χ4n) is 1.27. The Bertz CT molecular complexity index is 397. The van der Waals surface area contributed by atoms with E-state index in [-0.39, 0.29) is 0 Å². The van der Waals surface area contributed by atoms with Crippen LogP contribution in [0.5, 0.6) is 11.5 Å². The van der Waals surface area contributed by atoms with E-state index in [0.717, 1.165) is 12.8 Å². The molecule has 0 spiro atoms. The van der Waals surface area contributed by atoms with E-state index in [1.165, 1.54) is 0 Å². The number of hydrogen-bond donors (Lipinski definition) is 1. The number of ether oxygens (including phenoxy) is 2. The van der Waals surface area contributed by atoms with Crippen molar-refractivity contribution in [3.63, 3.8) is 0 Å². The van der Waals surface area contributed by atoms with Crippen LogP contribution >= 0.6 is 0 Å². The molecule has 0 saturated heterocycles. The van der Waals surface area contributed by atoms with Gasteiger partial charge in [0.1, 0.15) is 6.07 Å². The number of nitrogens with two attached hydrogens (primary N) is 1. The number of anilines is 1. The lowest BCUT2D eigenvalue weighted by Crippen LogP contribution is -2.01. The molecule has 1 aromatic rings. The lowest BCUT2D eigenvalue weighted by Gasteiger charge is -2.11. The molecule has 0 amide bonds. The minimum atomic E-state index is 0.405. The molecule has 2 N–H and O–H groups in total. The van der Waals surface area contributed by atoms with Crippen LogP contribution in [0, 0.1) is 11.3 Å². The predicted molar refractivity (Wildman–Crippen MR) is 62.5 cm³/mol. The largest absolute Gasteiger partial charge is 0.493 e. The van der Waals surface area contributed by atoms with Gasteiger partial charge in [0.2, 0.25) is 0 Å². The van der Waals surface area contributed by atoms with Crippen molar-refractivity contribution >= 4 is 5.69 Å². The highest BCUT2D eigenvalue weighted by Gasteiger charge is 2.09. The molecule has 4 nitrogen and oxygen atoms in total. The molecule has 4 heteroatoms. The standard InChI is InChI=1S/C12H16N2O2/c1-3-4-5-16-12-6-9(8-13)10(14)7-11(12)15-2/h6-7H,3-5,14H2,1-2H3. The van der Waals surface area contributed by atoms with Gasteiger partial charge in [-0.3, -0.25) is 0 Å². The van der Waals surface area contributed by atoms with Crippen molar-refractivity contribution in [1.29, 1.82) is 5.26 Å². The molecule has 1 rings (SSSR count). The molecule has 0 aromatic heterocycles. The fraction of sp³-hybridized carbons (Fsp3) is 0.417. The molecular formula is C12H16N2O2. The normalized spacial score (nSPS) is 9.56. The highest BCUT2D eigenvalue weighted by atomic mass is 16.5. The van der Waals surface area contributed by atoms with Crippen LogP contribution in [-0.2, 0) is 0 Å². The Balaban J connectivity index is 2.92. The summed E-state index contributed by atoms with van der Waals surface area (Å²) >= 11 is 0. The smallest absolute Gasteiger partial charge is 0.162 e. The van der Waals surface area contributed by atoms with Crippen LogP contribution < -0.4 is 15.2 Å². The number of hydrogen-bond acceptors (Lipinski definition) is 4. The number of nitrogen functional groups attached to an aromatic ring is 1. The summed E-state index contributed by atoms with van der Waals surface area (Å²) < 4.78 is 10.7. The number of methoxy groups -OCH3 is 1. The van der Waals surface area contributed by atoms with E-state index in [2.05, 4.69) is 6.92 Å². The van der Waals surface area contributed by atoms with Crippen LogP contribution in [0.3, 0.4) is 0 Å². The second-order valence-electron chi connectivity index (χ2n) is 3.40. The van der Waals surface area contributed by atoms with Crippen LogP contribution in [0.1, 0.15) is 25.3 Å². The van der Waals surface area contributed by atoms with Gasteiger partial charge < -0.3 is 15.2 Å². The van der Waals surface area contributed by atoms with Gasteiger partial charge in [0.15, 0.2) is 11.5 Å². The molecule has 1 aromatic carbocycles. The maximum absolute atomic E-state index is 8.85. The maximum Gasteiger partial charge on any atom is 0.162 e. The summed E-state index contributed by atoms with van der Waals surface area (Å²) in [6.45, 7) is 2.70. The second-order valence-corrected chi connectivity index (χ2v) is 3.40. The van der Waals surface area contributed by atoms with E-state index >= 15 is 0 Å². The first-order valence-electron chi connectivity index (χ1n) is 5.23. The minimum absolute atomic E-state index is 0.405. The average Bonchev–Trinajstić information content (AvgIpc) is 2.30. The Morgan fingerprint density at radius 3 is 2.69 bits per heavy atom. The number of rotatable bonds is 5. The second kappa shape index (κ2) is 5.86. The van der Waals surface area contributed by atoms with Crippen molar-refractivity contribution in [2.24, 2.45) is 0 Å². The van der Waals surface area contributed by atoms with E-state index in [9.17, 15) is 0 Å². The molecule has 0 aliphatic carbocycles. The SMILES string of the molecule is CCCCOc1cc(C#N)c(N)cc1OC.